The van der Waals surface area contributed by atoms with Gasteiger partial charge in [0, 0.05) is 0 Å². The topological polar surface area (TPSA) is 94.1 Å². The van der Waals surface area contributed by atoms with Crippen LogP contribution in [0.4, 0.5) is 11.5 Å². The molecule has 0 saturated carbocycles. The zero-order chi connectivity index (χ0) is 9.14. The van der Waals surface area contributed by atoms with E-state index in [2.05, 4.69) is 10.4 Å². The molecule has 0 fully saturated rings. The van der Waals surface area contributed by atoms with Crippen molar-refractivity contribution in [3.63, 3.8) is 0 Å². The largest absolute Gasteiger partial charge is 0.308 e. The maximum absolute atomic E-state index is 10.3. The van der Waals surface area contributed by atoms with Crippen molar-refractivity contribution in [2.75, 3.05) is 5.43 Å². The monoisotopic (exact) mass is 188 g/mol. The molecule has 0 amide bonds. The Bertz CT molecular complexity index is 316. The highest BCUT2D eigenvalue weighted by Crippen LogP contribution is 2.19. The van der Waals surface area contributed by atoms with Crippen molar-refractivity contribution in [1.82, 2.24) is 4.98 Å². The smallest absolute Gasteiger partial charge is 0.276 e. The molecule has 64 valence electrons. The van der Waals surface area contributed by atoms with Crippen LogP contribution in [0.2, 0.25) is 5.15 Å². The molecule has 6 nitrogen and oxygen atoms in total. The van der Waals surface area contributed by atoms with Crippen molar-refractivity contribution in [1.29, 1.82) is 0 Å². The molecular formula is C5H5ClN4O2. The molecule has 3 N–H and O–H groups in total. The van der Waals surface area contributed by atoms with E-state index in [-0.39, 0.29) is 16.7 Å². The summed E-state index contributed by atoms with van der Waals surface area (Å²) in [5.74, 6) is 5.16. The van der Waals surface area contributed by atoms with Crippen LogP contribution in [-0.4, -0.2) is 9.91 Å². The SMILES string of the molecule is NNc1cc([N+](=O)[O-])cc(Cl)n1. The van der Waals surface area contributed by atoms with E-state index >= 15 is 0 Å². The minimum atomic E-state index is -0.575. The van der Waals surface area contributed by atoms with E-state index < -0.39 is 4.92 Å². The fourth-order valence-corrected chi connectivity index (χ4v) is 0.866. The third-order valence-electron chi connectivity index (χ3n) is 1.14. The molecule has 0 atom stereocenters. The van der Waals surface area contributed by atoms with Crippen molar-refractivity contribution in [2.45, 2.75) is 0 Å². The van der Waals surface area contributed by atoms with Crippen LogP contribution in [0.3, 0.4) is 0 Å². The summed E-state index contributed by atoms with van der Waals surface area (Å²) in [6.07, 6.45) is 0. The highest BCUT2D eigenvalue weighted by atomic mass is 35.5. The first-order valence-corrected chi connectivity index (χ1v) is 3.30. The minimum absolute atomic E-state index is 0.0251. The van der Waals surface area contributed by atoms with Gasteiger partial charge in [-0.3, -0.25) is 10.1 Å². The van der Waals surface area contributed by atoms with E-state index in [0.29, 0.717) is 0 Å². The summed E-state index contributed by atoms with van der Waals surface area (Å²) in [6, 6.07) is 2.33. The van der Waals surface area contributed by atoms with Crippen LogP contribution >= 0.6 is 11.6 Å². The van der Waals surface area contributed by atoms with Gasteiger partial charge >= 0.3 is 0 Å². The fourth-order valence-electron chi connectivity index (χ4n) is 0.663. The normalized spacial score (nSPS) is 9.50. The van der Waals surface area contributed by atoms with Crippen LogP contribution in [0.5, 0.6) is 0 Å². The maximum atomic E-state index is 10.3. The molecular weight excluding hydrogens is 184 g/mol. The number of hydrogen-bond donors (Lipinski definition) is 2. The van der Waals surface area contributed by atoms with Crippen molar-refractivity contribution in [3.8, 4) is 0 Å². The molecule has 7 heteroatoms. The Morgan fingerprint density at radius 3 is 2.83 bits per heavy atom. The van der Waals surface area contributed by atoms with Gasteiger partial charge in [-0.15, -0.1) is 0 Å². The number of rotatable bonds is 2. The van der Waals surface area contributed by atoms with E-state index in [9.17, 15) is 10.1 Å². The summed E-state index contributed by atoms with van der Waals surface area (Å²) >= 11 is 5.46. The summed E-state index contributed by atoms with van der Waals surface area (Å²) in [7, 11) is 0. The van der Waals surface area contributed by atoms with Crippen LogP contribution in [-0.2, 0) is 0 Å². The van der Waals surface area contributed by atoms with Crippen molar-refractivity contribution in [2.24, 2.45) is 5.84 Å². The fraction of sp³-hybridized carbons (Fsp3) is 0. The Morgan fingerprint density at radius 2 is 2.33 bits per heavy atom. The van der Waals surface area contributed by atoms with Gasteiger partial charge in [0.2, 0.25) is 0 Å². The molecule has 1 heterocycles. The lowest BCUT2D eigenvalue weighted by Gasteiger charge is -1.98. The first-order valence-electron chi connectivity index (χ1n) is 2.92. The first-order chi connectivity index (χ1) is 5.63. The van der Waals surface area contributed by atoms with Crippen LogP contribution in [0.15, 0.2) is 12.1 Å². The highest BCUT2D eigenvalue weighted by Gasteiger charge is 2.08. The predicted octanol–water partition coefficient (Wildman–Crippen LogP) is 0.929. The van der Waals surface area contributed by atoms with Gasteiger partial charge in [0.15, 0.2) is 0 Å². The van der Waals surface area contributed by atoms with Crippen molar-refractivity contribution < 1.29 is 4.92 Å². The van der Waals surface area contributed by atoms with E-state index in [1.165, 1.54) is 6.07 Å². The predicted molar refractivity (Wildman–Crippen MR) is 43.7 cm³/mol. The molecule has 1 rings (SSSR count). The van der Waals surface area contributed by atoms with Gasteiger partial charge in [0.25, 0.3) is 5.69 Å². The molecule has 12 heavy (non-hydrogen) atoms. The molecule has 0 aliphatic heterocycles. The molecule has 0 bridgehead atoms. The van der Waals surface area contributed by atoms with Crippen LogP contribution < -0.4 is 11.3 Å². The number of halogens is 1. The molecule has 0 aliphatic rings. The second-order valence-corrected chi connectivity index (χ2v) is 2.32. The third-order valence-corrected chi connectivity index (χ3v) is 1.33. The lowest BCUT2D eigenvalue weighted by molar-refractivity contribution is -0.384. The molecule has 0 unspecified atom stereocenters. The number of pyridine rings is 1. The van der Waals surface area contributed by atoms with Gasteiger partial charge < -0.3 is 5.43 Å². The van der Waals surface area contributed by atoms with Crippen LogP contribution in [0.25, 0.3) is 0 Å². The number of nitrogens with two attached hydrogens (primary N) is 1. The van der Waals surface area contributed by atoms with E-state index in [4.69, 9.17) is 17.4 Å². The van der Waals surface area contributed by atoms with E-state index in [1.807, 2.05) is 0 Å². The molecule has 0 radical (unpaired) electrons. The van der Waals surface area contributed by atoms with Gasteiger partial charge in [-0.25, -0.2) is 10.8 Å². The third kappa shape index (κ3) is 1.80. The Balaban J connectivity index is 3.15. The average Bonchev–Trinajstić information content (AvgIpc) is 2.03. The number of nitrogens with zero attached hydrogens (tertiary/aromatic N) is 2. The second kappa shape index (κ2) is 3.33. The lowest BCUT2D eigenvalue weighted by Crippen LogP contribution is -2.08. The zero-order valence-corrected chi connectivity index (χ0v) is 6.58. The van der Waals surface area contributed by atoms with E-state index in [1.54, 1.807) is 0 Å². The van der Waals surface area contributed by atoms with E-state index in [0.717, 1.165) is 6.07 Å². The summed E-state index contributed by atoms with van der Waals surface area (Å²) in [5.41, 5.74) is 2.01. The second-order valence-electron chi connectivity index (χ2n) is 1.93. The van der Waals surface area contributed by atoms with Gasteiger partial charge in [0.1, 0.15) is 11.0 Å². The van der Waals surface area contributed by atoms with Gasteiger partial charge in [-0.2, -0.15) is 0 Å². The number of hydrogen-bond acceptors (Lipinski definition) is 5. The standard InChI is InChI=1S/C5H5ClN4O2/c6-4-1-3(10(11)12)2-5(8-4)9-7/h1-2H,7H2,(H,8,9). The lowest BCUT2D eigenvalue weighted by atomic mass is 10.4. The zero-order valence-electron chi connectivity index (χ0n) is 5.82. The first kappa shape index (κ1) is 8.69. The minimum Gasteiger partial charge on any atom is -0.308 e. The molecule has 1 aromatic rings. The number of nitro groups is 1. The van der Waals surface area contributed by atoms with Crippen molar-refractivity contribution in [3.05, 3.63) is 27.4 Å². The molecule has 0 saturated heterocycles. The summed E-state index contributed by atoms with van der Waals surface area (Å²) in [5, 5.41) is 10.3. The van der Waals surface area contributed by atoms with Crippen molar-refractivity contribution >= 4 is 23.1 Å². The summed E-state index contributed by atoms with van der Waals surface area (Å²) < 4.78 is 0. The van der Waals surface area contributed by atoms with Gasteiger partial charge in [-0.05, 0) is 0 Å². The molecule has 0 aromatic carbocycles. The summed E-state index contributed by atoms with van der Waals surface area (Å²) in [4.78, 5) is 13.4. The number of nitrogen functional groups attached to an aromatic ring is 1. The summed E-state index contributed by atoms with van der Waals surface area (Å²) in [6.45, 7) is 0. The Hall–Kier alpha value is -1.40. The quantitative estimate of drug-likeness (QED) is 0.312. The Labute approximate surface area is 72.5 Å². The highest BCUT2D eigenvalue weighted by molar-refractivity contribution is 6.29. The van der Waals surface area contributed by atoms with Gasteiger partial charge in [0.05, 0.1) is 17.1 Å². The molecule has 0 spiro atoms. The van der Waals surface area contributed by atoms with Crippen LogP contribution in [0.1, 0.15) is 0 Å². The maximum Gasteiger partial charge on any atom is 0.276 e. The Morgan fingerprint density at radius 1 is 1.67 bits per heavy atom. The number of hydrazine groups is 1. The number of nitrogens with one attached hydrogen (secondary N) is 1. The van der Waals surface area contributed by atoms with Crippen LogP contribution in [0, 0.1) is 10.1 Å². The molecule has 1 aromatic heterocycles. The average molecular weight is 189 g/mol. The molecule has 0 aliphatic carbocycles. The number of anilines is 1. The Kier molecular flexibility index (Phi) is 2.41. The van der Waals surface area contributed by atoms with Gasteiger partial charge in [-0.1, -0.05) is 11.6 Å². The number of aromatic nitrogens is 1.